The van der Waals surface area contributed by atoms with Gasteiger partial charge in [0.05, 0.1) is 11.1 Å². The molecule has 0 heterocycles. The molecule has 0 aliphatic rings. The lowest BCUT2D eigenvalue weighted by atomic mass is 10.1. The summed E-state index contributed by atoms with van der Waals surface area (Å²) >= 11 is 0. The van der Waals surface area contributed by atoms with E-state index in [1.165, 1.54) is 13.1 Å². The van der Waals surface area contributed by atoms with Crippen LogP contribution < -0.4 is 10.6 Å². The van der Waals surface area contributed by atoms with Crippen molar-refractivity contribution in [3.8, 4) is 5.75 Å². The maximum absolute atomic E-state index is 12.3. The number of carbonyl (C=O) groups is 1. The van der Waals surface area contributed by atoms with Gasteiger partial charge in [0.25, 0.3) is 0 Å². The van der Waals surface area contributed by atoms with Gasteiger partial charge in [0.2, 0.25) is 6.41 Å². The van der Waals surface area contributed by atoms with Crippen molar-refractivity contribution in [2.24, 2.45) is 0 Å². The molecule has 0 saturated heterocycles. The van der Waals surface area contributed by atoms with Gasteiger partial charge >= 0.3 is 12.4 Å². The molecule has 0 bridgehead atoms. The van der Waals surface area contributed by atoms with E-state index in [1.807, 2.05) is 0 Å². The van der Waals surface area contributed by atoms with Crippen LogP contribution in [0.25, 0.3) is 0 Å². The molecular weight excluding hydrogens is 378 g/mol. The molecule has 0 atom stereocenters. The fraction of sp³-hybridized carbons (Fsp3) is 0.235. The summed E-state index contributed by atoms with van der Waals surface area (Å²) in [5.41, 5.74) is -1.50. The third-order valence-corrected chi connectivity index (χ3v) is 3.31. The first-order valence-corrected chi connectivity index (χ1v) is 7.35. The van der Waals surface area contributed by atoms with E-state index in [0.717, 1.165) is 5.56 Å². The number of alkyl halides is 6. The maximum atomic E-state index is 12.3. The molecule has 0 radical (unpaired) electrons. The number of nitrogens with one attached hydrogen (secondary N) is 2. The molecule has 0 saturated carbocycles. The number of halogens is 6. The van der Waals surface area contributed by atoms with E-state index in [-0.39, 0.29) is 17.5 Å². The molecule has 2 rings (SSSR count). The van der Waals surface area contributed by atoms with Crippen LogP contribution in [-0.4, -0.2) is 18.6 Å². The Labute approximate surface area is 150 Å². The van der Waals surface area contributed by atoms with Gasteiger partial charge in [-0.25, -0.2) is 0 Å². The Balaban J connectivity index is 0.000000289. The van der Waals surface area contributed by atoms with Crippen LogP contribution in [0.3, 0.4) is 0 Å². The number of phenols is 1. The molecule has 0 spiro atoms. The van der Waals surface area contributed by atoms with Crippen LogP contribution in [0.4, 0.5) is 37.7 Å². The number of carbonyl (C=O) groups excluding carboxylic acids is 1. The van der Waals surface area contributed by atoms with Gasteiger partial charge in [-0.15, -0.1) is 0 Å². The molecule has 0 aliphatic heterocycles. The molecule has 10 heteroatoms. The van der Waals surface area contributed by atoms with Gasteiger partial charge in [0.1, 0.15) is 5.75 Å². The third-order valence-electron chi connectivity index (χ3n) is 3.31. The molecule has 2 aromatic rings. The van der Waals surface area contributed by atoms with E-state index in [4.69, 9.17) is 0 Å². The second-order valence-corrected chi connectivity index (χ2v) is 5.31. The first-order chi connectivity index (χ1) is 12.4. The average molecular weight is 394 g/mol. The number of rotatable bonds is 3. The zero-order valence-electron chi connectivity index (χ0n) is 14.2. The van der Waals surface area contributed by atoms with E-state index in [0.29, 0.717) is 24.2 Å². The lowest BCUT2D eigenvalue weighted by Crippen LogP contribution is -2.11. The van der Waals surface area contributed by atoms with Gasteiger partial charge in [0, 0.05) is 24.5 Å². The van der Waals surface area contributed by atoms with Crippen molar-refractivity contribution < 1.29 is 36.2 Å². The Bertz CT molecular complexity index is 756. The fourth-order valence-corrected chi connectivity index (χ4v) is 1.87. The minimum atomic E-state index is -4.80. The molecule has 0 aromatic heterocycles. The van der Waals surface area contributed by atoms with E-state index < -0.39 is 23.5 Å². The van der Waals surface area contributed by atoms with Gasteiger partial charge < -0.3 is 15.7 Å². The first kappa shape index (κ1) is 22.1. The number of hydrogen-bond acceptors (Lipinski definition) is 3. The number of aryl methyl sites for hydroxylation is 1. The standard InChI is InChI=1S/C9H7F6N.C8H9NO2/c1-16-7-3-5(8(10,11)12)2-6(4-7)9(13,14)15;1-6-2-3-7(9-5-10)4-8(6)11/h2-4,16H,1H3;2-5,11H,1H3,(H,9,10). The van der Waals surface area contributed by atoms with Crippen LogP contribution in [-0.2, 0) is 17.1 Å². The van der Waals surface area contributed by atoms with Crippen LogP contribution in [0, 0.1) is 6.92 Å². The van der Waals surface area contributed by atoms with Crippen molar-refractivity contribution in [3.05, 3.63) is 53.1 Å². The van der Waals surface area contributed by atoms with Crippen molar-refractivity contribution in [2.75, 3.05) is 17.7 Å². The van der Waals surface area contributed by atoms with Crippen molar-refractivity contribution >= 4 is 17.8 Å². The lowest BCUT2D eigenvalue weighted by Gasteiger charge is -2.13. The number of amides is 1. The van der Waals surface area contributed by atoms with Gasteiger partial charge in [-0.3, -0.25) is 4.79 Å². The van der Waals surface area contributed by atoms with Crippen LogP contribution >= 0.6 is 0 Å². The SMILES string of the molecule is CNc1cc(C(F)(F)F)cc(C(F)(F)F)c1.Cc1ccc(NC=O)cc1O. The summed E-state index contributed by atoms with van der Waals surface area (Å²) in [6.45, 7) is 1.79. The van der Waals surface area contributed by atoms with Crippen molar-refractivity contribution in [2.45, 2.75) is 19.3 Å². The minimum Gasteiger partial charge on any atom is -0.508 e. The van der Waals surface area contributed by atoms with E-state index >= 15 is 0 Å². The molecule has 0 unspecified atom stereocenters. The van der Waals surface area contributed by atoms with Crippen molar-refractivity contribution in [1.82, 2.24) is 0 Å². The first-order valence-electron chi connectivity index (χ1n) is 7.35. The van der Waals surface area contributed by atoms with Crippen LogP contribution in [0.1, 0.15) is 16.7 Å². The predicted molar refractivity (Wildman–Crippen MR) is 88.5 cm³/mol. The molecule has 27 heavy (non-hydrogen) atoms. The predicted octanol–water partition coefficient (Wildman–Crippen LogP) is 5.03. The molecule has 0 fully saturated rings. The summed E-state index contributed by atoms with van der Waals surface area (Å²) in [4.78, 5) is 9.98. The highest BCUT2D eigenvalue weighted by Crippen LogP contribution is 2.37. The quantitative estimate of drug-likeness (QED) is 0.505. The minimum absolute atomic E-state index is 0.0842. The maximum Gasteiger partial charge on any atom is 0.416 e. The summed E-state index contributed by atoms with van der Waals surface area (Å²) in [5.74, 6) is 0.192. The van der Waals surface area contributed by atoms with Gasteiger partial charge in [0.15, 0.2) is 0 Å². The summed E-state index contributed by atoms with van der Waals surface area (Å²) in [7, 11) is 1.25. The van der Waals surface area contributed by atoms with Crippen LogP contribution in [0.15, 0.2) is 36.4 Å². The summed E-state index contributed by atoms with van der Waals surface area (Å²) in [6, 6.07) is 6.29. The van der Waals surface area contributed by atoms with Gasteiger partial charge in [-0.2, -0.15) is 26.3 Å². The molecule has 3 N–H and O–H groups in total. The zero-order valence-corrected chi connectivity index (χ0v) is 14.2. The lowest BCUT2D eigenvalue weighted by molar-refractivity contribution is -0.143. The van der Waals surface area contributed by atoms with Gasteiger partial charge in [-0.05, 0) is 36.8 Å². The largest absolute Gasteiger partial charge is 0.508 e. The highest BCUT2D eigenvalue weighted by Gasteiger charge is 2.36. The normalized spacial score (nSPS) is 11.3. The molecule has 148 valence electrons. The number of phenolic OH excluding ortho intramolecular Hbond substituents is 1. The number of hydrogen-bond donors (Lipinski definition) is 3. The molecule has 2 aromatic carbocycles. The van der Waals surface area contributed by atoms with Crippen molar-refractivity contribution in [3.63, 3.8) is 0 Å². The van der Waals surface area contributed by atoms with Crippen LogP contribution in [0.2, 0.25) is 0 Å². The Kier molecular flexibility index (Phi) is 7.09. The van der Waals surface area contributed by atoms with Crippen molar-refractivity contribution in [1.29, 1.82) is 0 Å². The Morgan fingerprint density at radius 3 is 1.78 bits per heavy atom. The summed E-state index contributed by atoms with van der Waals surface area (Å²) < 4.78 is 73.7. The Morgan fingerprint density at radius 1 is 0.889 bits per heavy atom. The number of anilines is 2. The second-order valence-electron chi connectivity index (χ2n) is 5.31. The smallest absolute Gasteiger partial charge is 0.416 e. The molecule has 0 aliphatic carbocycles. The topological polar surface area (TPSA) is 61.4 Å². The second kappa shape index (κ2) is 8.65. The average Bonchev–Trinajstić information content (AvgIpc) is 2.57. The summed E-state index contributed by atoms with van der Waals surface area (Å²) in [6.07, 6.45) is -9.02. The zero-order chi connectivity index (χ0) is 20.8. The fourth-order valence-electron chi connectivity index (χ4n) is 1.87. The van der Waals surface area contributed by atoms with E-state index in [2.05, 4.69) is 10.6 Å². The van der Waals surface area contributed by atoms with Crippen LogP contribution in [0.5, 0.6) is 5.75 Å². The summed E-state index contributed by atoms with van der Waals surface area (Å²) in [5, 5.41) is 13.9. The van der Waals surface area contributed by atoms with E-state index in [1.54, 1.807) is 19.1 Å². The highest BCUT2D eigenvalue weighted by molar-refractivity contribution is 5.72. The third kappa shape index (κ3) is 6.72. The Morgan fingerprint density at radius 2 is 1.41 bits per heavy atom. The number of aromatic hydroxyl groups is 1. The highest BCUT2D eigenvalue weighted by atomic mass is 19.4. The Hall–Kier alpha value is -2.91. The monoisotopic (exact) mass is 394 g/mol. The molecule has 4 nitrogen and oxygen atoms in total. The molecule has 1 amide bonds. The number of benzene rings is 2. The van der Waals surface area contributed by atoms with Gasteiger partial charge in [-0.1, -0.05) is 6.07 Å². The molecular formula is C17H16F6N2O2. The van der Waals surface area contributed by atoms with E-state index in [9.17, 15) is 36.2 Å².